The summed E-state index contributed by atoms with van der Waals surface area (Å²) in [6.45, 7) is 5.09. The molecule has 0 bridgehead atoms. The molecule has 0 aliphatic heterocycles. The molecule has 0 aliphatic rings. The Balaban J connectivity index is 1.87. The molecule has 0 saturated heterocycles. The molecule has 0 fully saturated rings. The maximum atomic E-state index is 12.7. The van der Waals surface area contributed by atoms with Crippen molar-refractivity contribution in [3.63, 3.8) is 0 Å². The van der Waals surface area contributed by atoms with E-state index in [0.29, 0.717) is 11.5 Å². The van der Waals surface area contributed by atoms with E-state index in [1.807, 2.05) is 13.0 Å². The molecule has 5 nitrogen and oxygen atoms in total. The van der Waals surface area contributed by atoms with Crippen LogP contribution in [0.4, 0.5) is 0 Å². The van der Waals surface area contributed by atoms with Crippen molar-refractivity contribution < 1.29 is 23.4 Å². The molecule has 3 aromatic rings. The Labute approximate surface area is 176 Å². The summed E-state index contributed by atoms with van der Waals surface area (Å²) in [6, 6.07) is 17.2. The van der Waals surface area contributed by atoms with Gasteiger partial charge in [0.2, 0.25) is 9.84 Å². The van der Waals surface area contributed by atoms with E-state index in [1.165, 1.54) is 24.3 Å². The molecule has 30 heavy (non-hydrogen) atoms. The number of phenols is 1. The molecular formula is C24H22O5S. The van der Waals surface area contributed by atoms with Gasteiger partial charge >= 0.3 is 0 Å². The molecule has 0 spiro atoms. The van der Waals surface area contributed by atoms with Gasteiger partial charge in [0.1, 0.15) is 27.7 Å². The first kappa shape index (κ1) is 21.4. The number of aromatic hydroxyl groups is 1. The maximum absolute atomic E-state index is 12.7. The van der Waals surface area contributed by atoms with E-state index in [2.05, 4.69) is 11.8 Å². The van der Waals surface area contributed by atoms with Gasteiger partial charge in [-0.2, -0.15) is 0 Å². The lowest BCUT2D eigenvalue weighted by molar-refractivity contribution is 0.143. The van der Waals surface area contributed by atoms with Crippen molar-refractivity contribution in [3.8, 4) is 29.1 Å². The fraction of sp³-hybridized carbons (Fsp3) is 0.167. The van der Waals surface area contributed by atoms with Crippen LogP contribution in [0.15, 0.2) is 76.5 Å². The third kappa shape index (κ3) is 4.82. The van der Waals surface area contributed by atoms with Crippen LogP contribution in [0.2, 0.25) is 0 Å². The van der Waals surface area contributed by atoms with Crippen LogP contribution >= 0.6 is 0 Å². The number of hydrogen-bond acceptors (Lipinski definition) is 5. The number of para-hydroxylation sites is 1. The SMILES string of the molecule is Cc1c(C#CC(C)(C)O)cccc1Oc1ccc(S(=O)(=O)c2ccccc2O)cc1. The van der Waals surface area contributed by atoms with Crippen molar-refractivity contribution >= 4 is 9.84 Å². The van der Waals surface area contributed by atoms with Crippen LogP contribution in [0.3, 0.4) is 0 Å². The Kier molecular flexibility index (Phi) is 5.88. The molecule has 3 aromatic carbocycles. The van der Waals surface area contributed by atoms with Crippen LogP contribution in [0, 0.1) is 18.8 Å². The molecule has 154 valence electrons. The molecule has 0 radical (unpaired) electrons. The zero-order chi connectivity index (χ0) is 21.9. The lowest BCUT2D eigenvalue weighted by Crippen LogP contribution is -2.14. The van der Waals surface area contributed by atoms with Gasteiger partial charge in [-0.15, -0.1) is 0 Å². The Morgan fingerprint density at radius 3 is 2.23 bits per heavy atom. The predicted octanol–water partition coefficient (Wildman–Crippen LogP) is 4.45. The van der Waals surface area contributed by atoms with Gasteiger partial charge in [0, 0.05) is 11.1 Å². The number of sulfone groups is 1. The first-order chi connectivity index (χ1) is 14.1. The van der Waals surface area contributed by atoms with Gasteiger partial charge in [0.05, 0.1) is 4.90 Å². The van der Waals surface area contributed by atoms with Gasteiger partial charge in [0.15, 0.2) is 0 Å². The summed E-state index contributed by atoms with van der Waals surface area (Å²) in [4.78, 5) is -0.0922. The van der Waals surface area contributed by atoms with E-state index in [-0.39, 0.29) is 15.5 Å². The lowest BCUT2D eigenvalue weighted by atomic mass is 10.1. The zero-order valence-corrected chi connectivity index (χ0v) is 17.7. The minimum Gasteiger partial charge on any atom is -0.507 e. The average molecular weight is 423 g/mol. The van der Waals surface area contributed by atoms with Crippen LogP contribution in [0.25, 0.3) is 0 Å². The second kappa shape index (κ2) is 8.23. The molecule has 0 saturated carbocycles. The van der Waals surface area contributed by atoms with Gasteiger partial charge in [-0.3, -0.25) is 0 Å². The number of rotatable bonds is 4. The van der Waals surface area contributed by atoms with E-state index < -0.39 is 15.4 Å². The van der Waals surface area contributed by atoms with E-state index >= 15 is 0 Å². The monoisotopic (exact) mass is 422 g/mol. The minimum absolute atomic E-state index is 0.0536. The smallest absolute Gasteiger partial charge is 0.210 e. The second-order valence-corrected chi connectivity index (χ2v) is 9.20. The number of hydrogen-bond donors (Lipinski definition) is 2. The number of aliphatic hydroxyl groups is 1. The summed E-state index contributed by atoms with van der Waals surface area (Å²) in [5.41, 5.74) is 0.436. The lowest BCUT2D eigenvalue weighted by Gasteiger charge is -2.12. The van der Waals surface area contributed by atoms with Crippen LogP contribution in [-0.4, -0.2) is 24.2 Å². The van der Waals surface area contributed by atoms with E-state index in [4.69, 9.17) is 4.74 Å². The average Bonchev–Trinajstić information content (AvgIpc) is 2.68. The first-order valence-electron chi connectivity index (χ1n) is 9.24. The van der Waals surface area contributed by atoms with Gasteiger partial charge < -0.3 is 14.9 Å². The molecule has 6 heteroatoms. The van der Waals surface area contributed by atoms with Gasteiger partial charge in [-0.05, 0) is 69.3 Å². The highest BCUT2D eigenvalue weighted by atomic mass is 32.2. The molecule has 2 N–H and O–H groups in total. The summed E-state index contributed by atoms with van der Waals surface area (Å²) in [5, 5.41) is 19.7. The van der Waals surface area contributed by atoms with Crippen LogP contribution in [0.1, 0.15) is 25.0 Å². The standard InChI is InChI=1S/C24H22O5S/c1-17-18(15-16-24(2,3)26)7-6-9-22(17)29-19-11-13-20(14-12-19)30(27,28)23-10-5-4-8-21(23)25/h4-14,25-26H,1-3H3. The third-order valence-corrected chi connectivity index (χ3v) is 6.12. The molecule has 3 rings (SSSR count). The molecule has 0 amide bonds. The second-order valence-electron chi connectivity index (χ2n) is 7.28. The van der Waals surface area contributed by atoms with Gasteiger partial charge in [-0.25, -0.2) is 8.42 Å². The van der Waals surface area contributed by atoms with E-state index in [1.54, 1.807) is 50.2 Å². The van der Waals surface area contributed by atoms with E-state index in [9.17, 15) is 18.6 Å². The normalized spacial score (nSPS) is 11.5. The first-order valence-corrected chi connectivity index (χ1v) is 10.7. The summed E-state index contributed by atoms with van der Waals surface area (Å²) in [7, 11) is -3.84. The van der Waals surface area contributed by atoms with Crippen LogP contribution in [-0.2, 0) is 9.84 Å². The number of benzene rings is 3. The summed E-state index contributed by atoms with van der Waals surface area (Å²) in [6.07, 6.45) is 0. The zero-order valence-electron chi connectivity index (χ0n) is 16.9. The fourth-order valence-electron chi connectivity index (χ4n) is 2.71. The quantitative estimate of drug-likeness (QED) is 0.607. The Morgan fingerprint density at radius 1 is 0.933 bits per heavy atom. The highest BCUT2D eigenvalue weighted by Crippen LogP contribution is 2.31. The van der Waals surface area contributed by atoms with Crippen molar-refractivity contribution in [2.75, 3.05) is 0 Å². The fourth-order valence-corrected chi connectivity index (χ4v) is 4.06. The molecule has 0 aliphatic carbocycles. The topological polar surface area (TPSA) is 83.8 Å². The molecule has 0 unspecified atom stereocenters. The highest BCUT2D eigenvalue weighted by molar-refractivity contribution is 7.91. The Hall–Kier alpha value is -3.27. The van der Waals surface area contributed by atoms with Gasteiger partial charge in [-0.1, -0.05) is 30.0 Å². The van der Waals surface area contributed by atoms with Crippen molar-refractivity contribution in [2.45, 2.75) is 36.2 Å². The molecule has 0 heterocycles. The summed E-state index contributed by atoms with van der Waals surface area (Å²) < 4.78 is 31.4. The van der Waals surface area contributed by atoms with E-state index in [0.717, 1.165) is 11.1 Å². The Morgan fingerprint density at radius 2 is 1.60 bits per heavy atom. The largest absolute Gasteiger partial charge is 0.507 e. The van der Waals surface area contributed by atoms with Crippen molar-refractivity contribution in [2.24, 2.45) is 0 Å². The molecule has 0 atom stereocenters. The summed E-state index contributed by atoms with van der Waals surface area (Å²) >= 11 is 0. The minimum atomic E-state index is -3.84. The van der Waals surface area contributed by atoms with Gasteiger partial charge in [0.25, 0.3) is 0 Å². The number of ether oxygens (including phenoxy) is 1. The highest BCUT2D eigenvalue weighted by Gasteiger charge is 2.21. The van der Waals surface area contributed by atoms with Crippen molar-refractivity contribution in [3.05, 3.63) is 77.9 Å². The third-order valence-electron chi connectivity index (χ3n) is 4.30. The van der Waals surface area contributed by atoms with Crippen LogP contribution < -0.4 is 4.74 Å². The summed E-state index contributed by atoms with van der Waals surface area (Å²) in [5.74, 6) is 6.47. The van der Waals surface area contributed by atoms with Crippen molar-refractivity contribution in [1.82, 2.24) is 0 Å². The number of phenolic OH excluding ortho intramolecular Hbond substituents is 1. The maximum Gasteiger partial charge on any atom is 0.210 e. The molecule has 0 aromatic heterocycles. The molecular weight excluding hydrogens is 400 g/mol. The van der Waals surface area contributed by atoms with Crippen LogP contribution in [0.5, 0.6) is 17.2 Å². The Bertz CT molecular complexity index is 1230. The predicted molar refractivity (Wildman–Crippen MR) is 114 cm³/mol. The van der Waals surface area contributed by atoms with Crippen molar-refractivity contribution in [1.29, 1.82) is 0 Å².